The second-order valence-electron chi connectivity index (χ2n) is 8.94. The summed E-state index contributed by atoms with van der Waals surface area (Å²) >= 11 is 8.36. The predicted octanol–water partition coefficient (Wildman–Crippen LogP) is 7.05. The molecule has 0 atom stereocenters. The Morgan fingerprint density at radius 2 is 1.66 bits per heavy atom. The van der Waals surface area contributed by atoms with Gasteiger partial charge in [0.05, 0.1) is 10.2 Å². The van der Waals surface area contributed by atoms with Crippen LogP contribution in [0.2, 0.25) is 5.02 Å². The second-order valence-corrected chi connectivity index (χ2v) is 10.5. The summed E-state index contributed by atoms with van der Waals surface area (Å²) in [5.41, 5.74) is 3.09. The second kappa shape index (κ2) is 10.3. The van der Waals surface area contributed by atoms with Crippen LogP contribution in [-0.4, -0.2) is 18.2 Å². The summed E-state index contributed by atoms with van der Waals surface area (Å²) in [4.78, 5) is 26.2. The topological polar surface area (TPSA) is 61.8 Å². The number of ketones is 2. The third-order valence-electron chi connectivity index (χ3n) is 6.58. The van der Waals surface area contributed by atoms with E-state index in [1.807, 2.05) is 43.3 Å². The summed E-state index contributed by atoms with van der Waals surface area (Å²) in [6.07, 6.45) is 3.95. The molecule has 1 aliphatic heterocycles. The number of hydrogen-bond donors (Lipinski definition) is 0. The minimum Gasteiger partial charge on any atom is -0.490 e. The van der Waals surface area contributed by atoms with Crippen molar-refractivity contribution in [2.45, 2.75) is 58.0 Å². The van der Waals surface area contributed by atoms with Gasteiger partial charge in [-0.25, -0.2) is 0 Å². The fourth-order valence-electron chi connectivity index (χ4n) is 5.09. The maximum absolute atomic E-state index is 13.1. The van der Waals surface area contributed by atoms with Crippen LogP contribution in [-0.2, 0) is 20.9 Å². The summed E-state index contributed by atoms with van der Waals surface area (Å²) < 4.78 is 19.2. The molecule has 7 heteroatoms. The number of Topliss-reactive ketones (excluding diaryl/α,β-unsaturated/α-hetero) is 2. The van der Waals surface area contributed by atoms with Gasteiger partial charge in [0.25, 0.3) is 0 Å². The zero-order valence-corrected chi connectivity index (χ0v) is 22.4. The predicted molar refractivity (Wildman–Crippen MR) is 142 cm³/mol. The van der Waals surface area contributed by atoms with Crippen LogP contribution in [0.5, 0.6) is 11.5 Å². The van der Waals surface area contributed by atoms with Crippen molar-refractivity contribution < 1.29 is 23.8 Å². The van der Waals surface area contributed by atoms with Crippen molar-refractivity contribution in [2.24, 2.45) is 0 Å². The van der Waals surface area contributed by atoms with E-state index in [1.54, 1.807) is 0 Å². The summed E-state index contributed by atoms with van der Waals surface area (Å²) in [7, 11) is 0. The van der Waals surface area contributed by atoms with Gasteiger partial charge in [-0.05, 0) is 77.7 Å². The average Bonchev–Trinajstić information content (AvgIpc) is 2.83. The number of hydrogen-bond acceptors (Lipinski definition) is 5. The Bertz CT molecular complexity index is 1220. The molecular weight excluding hydrogens is 579 g/mol. The van der Waals surface area contributed by atoms with Gasteiger partial charge in [-0.2, -0.15) is 0 Å². The van der Waals surface area contributed by atoms with E-state index in [9.17, 15) is 9.59 Å². The Morgan fingerprint density at radius 1 is 0.971 bits per heavy atom. The van der Waals surface area contributed by atoms with Gasteiger partial charge in [0.2, 0.25) is 0 Å². The molecule has 0 saturated carbocycles. The van der Waals surface area contributed by atoms with Crippen LogP contribution in [0, 0.1) is 3.57 Å². The van der Waals surface area contributed by atoms with Crippen LogP contribution in [0.15, 0.2) is 59.1 Å². The van der Waals surface area contributed by atoms with Crippen molar-refractivity contribution in [1.29, 1.82) is 0 Å². The van der Waals surface area contributed by atoms with Crippen LogP contribution in [0.4, 0.5) is 0 Å². The van der Waals surface area contributed by atoms with E-state index in [2.05, 4.69) is 22.6 Å². The van der Waals surface area contributed by atoms with Gasteiger partial charge in [0.15, 0.2) is 23.1 Å². The van der Waals surface area contributed by atoms with Crippen molar-refractivity contribution in [3.8, 4) is 11.5 Å². The van der Waals surface area contributed by atoms with Gasteiger partial charge >= 0.3 is 0 Å². The van der Waals surface area contributed by atoms with Crippen molar-refractivity contribution in [3.63, 3.8) is 0 Å². The van der Waals surface area contributed by atoms with Crippen LogP contribution in [0.1, 0.15) is 62.5 Å². The van der Waals surface area contributed by atoms with Crippen LogP contribution < -0.4 is 9.47 Å². The first-order valence-electron chi connectivity index (χ1n) is 12.0. The highest BCUT2D eigenvalue weighted by atomic mass is 127. The van der Waals surface area contributed by atoms with Gasteiger partial charge in [-0.15, -0.1) is 0 Å². The van der Waals surface area contributed by atoms with E-state index in [-0.39, 0.29) is 11.6 Å². The van der Waals surface area contributed by atoms with Crippen LogP contribution in [0.25, 0.3) is 0 Å². The Labute approximate surface area is 223 Å². The molecule has 1 heterocycles. The number of allylic oxidation sites excluding steroid dienone is 4. The Hall–Kier alpha value is -2.32. The smallest absolute Gasteiger partial charge is 0.174 e. The van der Waals surface area contributed by atoms with Crippen molar-refractivity contribution >= 4 is 45.8 Å². The monoisotopic (exact) mass is 604 g/mol. The molecule has 5 rings (SSSR count). The summed E-state index contributed by atoms with van der Waals surface area (Å²) in [5.74, 6) is 2.40. The molecule has 2 aromatic rings. The highest BCUT2D eigenvalue weighted by Crippen LogP contribution is 2.49. The third kappa shape index (κ3) is 4.87. The minimum atomic E-state index is -0.427. The number of rotatable bonds is 6. The minimum absolute atomic E-state index is 0.0652. The van der Waals surface area contributed by atoms with Gasteiger partial charge in [0.1, 0.15) is 18.1 Å². The quantitative estimate of drug-likeness (QED) is 0.331. The lowest BCUT2D eigenvalue weighted by molar-refractivity contribution is -0.117. The van der Waals surface area contributed by atoms with Crippen LogP contribution >= 0.6 is 34.2 Å². The maximum atomic E-state index is 13.1. The fraction of sp³-hybridized carbons (Fsp3) is 0.357. The number of carbonyl (C=O) groups excluding carboxylic acids is 2. The number of carbonyl (C=O) groups is 2. The van der Waals surface area contributed by atoms with E-state index in [0.29, 0.717) is 53.7 Å². The first-order chi connectivity index (χ1) is 17.0. The van der Waals surface area contributed by atoms with Gasteiger partial charge in [-0.3, -0.25) is 9.59 Å². The summed E-state index contributed by atoms with van der Waals surface area (Å²) in [6.45, 7) is 2.72. The molecule has 0 saturated heterocycles. The highest BCUT2D eigenvalue weighted by molar-refractivity contribution is 14.1. The van der Waals surface area contributed by atoms with Gasteiger partial charge < -0.3 is 14.2 Å². The number of ether oxygens (including phenoxy) is 3. The molecule has 0 radical (unpaired) electrons. The SMILES string of the molecule is CCOc1cc(C2C3=C(CCCC3=O)OC3=C2C(=O)CCC3)cc(I)c1OCc1cccc(Cl)c1. The standard InChI is InChI=1S/C28H26ClIO5/c1-2-33-24-14-17(13-19(30)28(24)34-15-16-6-3-7-18(29)12-16)25-26-20(31)8-4-10-22(26)35-23-11-5-9-21(32)27(23)25/h3,6-7,12-14,25H,2,4-5,8-11,15H2,1H3. The lowest BCUT2D eigenvalue weighted by Gasteiger charge is -2.36. The number of benzene rings is 2. The van der Waals surface area contributed by atoms with Crippen molar-refractivity contribution in [1.82, 2.24) is 0 Å². The van der Waals surface area contributed by atoms with Crippen molar-refractivity contribution in [2.75, 3.05) is 6.61 Å². The van der Waals surface area contributed by atoms with E-state index >= 15 is 0 Å². The van der Waals surface area contributed by atoms with E-state index < -0.39 is 5.92 Å². The number of halogens is 2. The zero-order valence-electron chi connectivity index (χ0n) is 19.5. The normalized spacial score (nSPS) is 18.3. The Morgan fingerprint density at radius 3 is 2.29 bits per heavy atom. The molecule has 182 valence electrons. The summed E-state index contributed by atoms with van der Waals surface area (Å²) in [6, 6.07) is 11.5. The average molecular weight is 605 g/mol. The lowest BCUT2D eigenvalue weighted by atomic mass is 9.73. The Balaban J connectivity index is 1.57. The molecule has 0 fully saturated rings. The first-order valence-corrected chi connectivity index (χ1v) is 13.5. The van der Waals surface area contributed by atoms with Crippen molar-refractivity contribution in [3.05, 3.63) is 78.8 Å². The van der Waals surface area contributed by atoms with E-state index in [4.69, 9.17) is 25.8 Å². The van der Waals surface area contributed by atoms with E-state index in [1.165, 1.54) is 0 Å². The molecule has 0 unspecified atom stereocenters. The largest absolute Gasteiger partial charge is 0.490 e. The molecule has 0 bridgehead atoms. The molecule has 0 spiro atoms. The van der Waals surface area contributed by atoms with Gasteiger partial charge in [0, 0.05) is 47.8 Å². The first kappa shape index (κ1) is 24.4. The highest BCUT2D eigenvalue weighted by Gasteiger charge is 2.42. The molecule has 3 aliphatic rings. The van der Waals surface area contributed by atoms with E-state index in [0.717, 1.165) is 51.9 Å². The maximum Gasteiger partial charge on any atom is 0.174 e. The van der Waals surface area contributed by atoms with Crippen LogP contribution in [0.3, 0.4) is 0 Å². The molecule has 2 aromatic carbocycles. The fourth-order valence-corrected chi connectivity index (χ4v) is 6.08. The summed E-state index contributed by atoms with van der Waals surface area (Å²) in [5, 5.41) is 0.656. The molecule has 0 N–H and O–H groups in total. The molecule has 0 aromatic heterocycles. The lowest BCUT2D eigenvalue weighted by Crippen LogP contribution is -2.30. The van der Waals surface area contributed by atoms with Gasteiger partial charge in [-0.1, -0.05) is 23.7 Å². The zero-order chi connectivity index (χ0) is 24.5. The molecule has 35 heavy (non-hydrogen) atoms. The third-order valence-corrected chi connectivity index (χ3v) is 7.61. The molecular formula is C28H26ClIO5. The Kier molecular flexibility index (Phi) is 7.21. The molecule has 2 aliphatic carbocycles. The molecule has 0 amide bonds. The molecule has 5 nitrogen and oxygen atoms in total.